The van der Waals surface area contributed by atoms with E-state index in [0.29, 0.717) is 18.6 Å². The molecule has 0 heterocycles. The van der Waals surface area contributed by atoms with Gasteiger partial charge in [0.1, 0.15) is 5.75 Å². The molecule has 0 atom stereocenters. The minimum Gasteiger partial charge on any atom is -0.497 e. The lowest BCUT2D eigenvalue weighted by molar-refractivity contribution is -0.134. The van der Waals surface area contributed by atoms with Crippen molar-refractivity contribution in [2.75, 3.05) is 20.7 Å². The van der Waals surface area contributed by atoms with Gasteiger partial charge in [0, 0.05) is 25.7 Å². The van der Waals surface area contributed by atoms with Gasteiger partial charge in [0.05, 0.1) is 13.7 Å². The van der Waals surface area contributed by atoms with Crippen molar-refractivity contribution in [2.45, 2.75) is 64.1 Å². The molecule has 1 aromatic carbocycles. The van der Waals surface area contributed by atoms with Gasteiger partial charge in [-0.05, 0) is 62.1 Å². The third kappa shape index (κ3) is 4.97. The van der Waals surface area contributed by atoms with Crippen LogP contribution in [0.25, 0.3) is 0 Å². The van der Waals surface area contributed by atoms with Gasteiger partial charge >= 0.3 is 0 Å². The van der Waals surface area contributed by atoms with Gasteiger partial charge in [0.15, 0.2) is 0 Å². The molecule has 138 valence electrons. The Morgan fingerprint density at radius 3 is 2.20 bits per heavy atom. The molecule has 0 radical (unpaired) electrons. The lowest BCUT2D eigenvalue weighted by Crippen LogP contribution is -2.45. The van der Waals surface area contributed by atoms with Crippen LogP contribution in [0.15, 0.2) is 24.3 Å². The molecule has 0 aliphatic heterocycles. The molecule has 2 aliphatic carbocycles. The van der Waals surface area contributed by atoms with Crippen LogP contribution in [0.3, 0.4) is 0 Å². The number of likely N-dealkylation sites (N-methyl/N-ethyl adjacent to an activating group) is 1. The van der Waals surface area contributed by atoms with Crippen molar-refractivity contribution in [2.24, 2.45) is 5.92 Å². The first-order valence-electron chi connectivity index (χ1n) is 9.69. The Labute approximate surface area is 152 Å². The van der Waals surface area contributed by atoms with E-state index in [9.17, 15) is 4.79 Å². The lowest BCUT2D eigenvalue weighted by Gasteiger charge is -2.35. The normalized spacial score (nSPS) is 23.5. The van der Waals surface area contributed by atoms with E-state index in [0.717, 1.165) is 31.1 Å². The average molecular weight is 344 g/mol. The summed E-state index contributed by atoms with van der Waals surface area (Å²) in [5.74, 6) is 1.97. The van der Waals surface area contributed by atoms with E-state index in [1.54, 1.807) is 7.11 Å². The van der Waals surface area contributed by atoms with E-state index in [1.165, 1.54) is 31.2 Å². The number of hydrogen-bond donors (Lipinski definition) is 0. The van der Waals surface area contributed by atoms with Crippen molar-refractivity contribution in [3.8, 4) is 5.75 Å². The van der Waals surface area contributed by atoms with E-state index >= 15 is 0 Å². The zero-order chi connectivity index (χ0) is 17.8. The van der Waals surface area contributed by atoms with Crippen molar-refractivity contribution in [1.29, 1.82) is 0 Å². The zero-order valence-electron chi connectivity index (χ0n) is 15.9. The Morgan fingerprint density at radius 1 is 1.04 bits per heavy atom. The summed E-state index contributed by atoms with van der Waals surface area (Å²) in [6.07, 6.45) is 7.25. The van der Waals surface area contributed by atoms with Crippen LogP contribution in [0.5, 0.6) is 5.75 Å². The van der Waals surface area contributed by atoms with Crippen LogP contribution in [-0.4, -0.2) is 48.5 Å². The second kappa shape index (κ2) is 8.22. The number of carbonyl (C=O) groups is 1. The smallest absolute Gasteiger partial charge is 0.236 e. The number of hydrogen-bond acceptors (Lipinski definition) is 3. The number of amides is 1. The molecule has 0 unspecified atom stereocenters. The summed E-state index contributed by atoms with van der Waals surface area (Å²) in [4.78, 5) is 17.2. The van der Waals surface area contributed by atoms with Crippen LogP contribution in [0, 0.1) is 5.92 Å². The summed E-state index contributed by atoms with van der Waals surface area (Å²) in [5.41, 5.74) is 1.25. The molecule has 4 nitrogen and oxygen atoms in total. The number of rotatable bonds is 7. The zero-order valence-corrected chi connectivity index (χ0v) is 15.9. The molecule has 4 heteroatoms. The first-order valence-corrected chi connectivity index (χ1v) is 9.69. The van der Waals surface area contributed by atoms with E-state index in [-0.39, 0.29) is 5.91 Å². The Hall–Kier alpha value is -1.55. The predicted octanol–water partition coefficient (Wildman–Crippen LogP) is 3.70. The van der Waals surface area contributed by atoms with E-state index in [4.69, 9.17) is 4.74 Å². The number of ether oxygens (including phenoxy) is 1. The molecular weight excluding hydrogens is 312 g/mol. The van der Waals surface area contributed by atoms with Gasteiger partial charge in [0.25, 0.3) is 0 Å². The Kier molecular flexibility index (Phi) is 6.00. The second-order valence-electron chi connectivity index (χ2n) is 7.90. The molecule has 2 aliphatic rings. The molecule has 1 amide bonds. The van der Waals surface area contributed by atoms with E-state index in [1.807, 2.05) is 24.1 Å². The average Bonchev–Trinajstić information content (AvgIpc) is 3.47. The monoisotopic (exact) mass is 344 g/mol. The van der Waals surface area contributed by atoms with E-state index in [2.05, 4.69) is 24.0 Å². The molecule has 0 spiro atoms. The number of methoxy groups -OCH3 is 1. The largest absolute Gasteiger partial charge is 0.497 e. The number of carbonyl (C=O) groups excluding carboxylic acids is 1. The topological polar surface area (TPSA) is 32.8 Å². The summed E-state index contributed by atoms with van der Waals surface area (Å²) in [6, 6.07) is 9.21. The molecule has 25 heavy (non-hydrogen) atoms. The van der Waals surface area contributed by atoms with Gasteiger partial charge < -0.3 is 9.64 Å². The maximum Gasteiger partial charge on any atom is 0.236 e. The minimum absolute atomic E-state index is 0.278. The fourth-order valence-electron chi connectivity index (χ4n) is 3.84. The quantitative estimate of drug-likeness (QED) is 0.756. The SMILES string of the molecule is COc1ccc(CN(CC(=O)N(C)C2CCC(C)CC2)C2CC2)cc1. The highest BCUT2D eigenvalue weighted by molar-refractivity contribution is 5.78. The third-order valence-electron chi connectivity index (χ3n) is 5.87. The second-order valence-corrected chi connectivity index (χ2v) is 7.90. The summed E-state index contributed by atoms with van der Waals surface area (Å²) in [5, 5.41) is 0. The van der Waals surface area contributed by atoms with Gasteiger partial charge in [-0.15, -0.1) is 0 Å². The number of benzene rings is 1. The van der Waals surface area contributed by atoms with Crippen molar-refractivity contribution >= 4 is 5.91 Å². The molecule has 1 aromatic rings. The fraction of sp³-hybridized carbons (Fsp3) is 0.667. The maximum absolute atomic E-state index is 12.8. The van der Waals surface area contributed by atoms with Gasteiger partial charge in [-0.3, -0.25) is 9.69 Å². The number of nitrogens with zero attached hydrogens (tertiary/aromatic N) is 2. The molecule has 0 aromatic heterocycles. The third-order valence-corrected chi connectivity index (χ3v) is 5.87. The summed E-state index contributed by atoms with van der Waals surface area (Å²) < 4.78 is 5.23. The van der Waals surface area contributed by atoms with Crippen molar-refractivity contribution in [3.63, 3.8) is 0 Å². The summed E-state index contributed by atoms with van der Waals surface area (Å²) >= 11 is 0. The van der Waals surface area contributed by atoms with Crippen LogP contribution in [0.1, 0.15) is 51.0 Å². The molecule has 0 bridgehead atoms. The molecular formula is C21H32N2O2. The highest BCUT2D eigenvalue weighted by Gasteiger charge is 2.32. The Bertz CT molecular complexity index is 560. The van der Waals surface area contributed by atoms with Gasteiger partial charge in [-0.2, -0.15) is 0 Å². The van der Waals surface area contributed by atoms with Gasteiger partial charge in [-0.25, -0.2) is 0 Å². The first-order chi connectivity index (χ1) is 12.1. The molecule has 3 rings (SSSR count). The minimum atomic E-state index is 0.278. The van der Waals surface area contributed by atoms with Crippen LogP contribution in [0.4, 0.5) is 0 Å². The van der Waals surface area contributed by atoms with Crippen molar-refractivity contribution in [3.05, 3.63) is 29.8 Å². The Morgan fingerprint density at radius 2 is 1.64 bits per heavy atom. The van der Waals surface area contributed by atoms with Gasteiger partial charge in [0.2, 0.25) is 5.91 Å². The predicted molar refractivity (Wildman–Crippen MR) is 101 cm³/mol. The van der Waals surface area contributed by atoms with E-state index < -0.39 is 0 Å². The van der Waals surface area contributed by atoms with Crippen molar-refractivity contribution < 1.29 is 9.53 Å². The molecule has 0 N–H and O–H groups in total. The molecule has 2 saturated carbocycles. The molecule has 0 saturated heterocycles. The summed E-state index contributed by atoms with van der Waals surface area (Å²) in [6.45, 7) is 3.71. The van der Waals surface area contributed by atoms with Crippen LogP contribution < -0.4 is 4.74 Å². The Balaban J connectivity index is 1.56. The maximum atomic E-state index is 12.8. The standard InChI is InChI=1S/C21H32N2O2/c1-16-4-8-18(9-5-16)22(2)21(24)15-23(19-10-11-19)14-17-6-12-20(25-3)13-7-17/h6-7,12-13,16,18-19H,4-5,8-11,14-15H2,1-3H3. The summed E-state index contributed by atoms with van der Waals surface area (Å²) in [7, 11) is 3.69. The first kappa shape index (κ1) is 18.2. The van der Waals surface area contributed by atoms with Gasteiger partial charge in [-0.1, -0.05) is 19.1 Å². The lowest BCUT2D eigenvalue weighted by atomic mass is 9.87. The fourth-order valence-corrected chi connectivity index (χ4v) is 3.84. The van der Waals surface area contributed by atoms with Crippen LogP contribution in [0.2, 0.25) is 0 Å². The highest BCUT2D eigenvalue weighted by atomic mass is 16.5. The van der Waals surface area contributed by atoms with Crippen LogP contribution >= 0.6 is 0 Å². The van der Waals surface area contributed by atoms with Crippen molar-refractivity contribution in [1.82, 2.24) is 9.80 Å². The van der Waals surface area contributed by atoms with Crippen LogP contribution in [-0.2, 0) is 11.3 Å². The highest BCUT2D eigenvalue weighted by Crippen LogP contribution is 2.30. The molecule has 2 fully saturated rings.